The predicted molar refractivity (Wildman–Crippen MR) is 76.5 cm³/mol. The van der Waals surface area contributed by atoms with Crippen LogP contribution in [0.5, 0.6) is 0 Å². The van der Waals surface area contributed by atoms with Crippen molar-refractivity contribution < 1.29 is 14.3 Å². The molecule has 19 heavy (non-hydrogen) atoms. The van der Waals surface area contributed by atoms with E-state index in [1.165, 1.54) is 0 Å². The number of primary amides is 1. The third kappa shape index (κ3) is 3.47. The smallest absolute Gasteiger partial charge is 0.343 e. The number of nitrogen functional groups attached to an aromatic ring is 1. The maximum atomic E-state index is 11.9. The lowest BCUT2D eigenvalue weighted by Gasteiger charge is -2.07. The highest BCUT2D eigenvalue weighted by Gasteiger charge is 2.25. The quantitative estimate of drug-likeness (QED) is 0.543. The van der Waals surface area contributed by atoms with Gasteiger partial charge in [-0.3, -0.25) is 4.79 Å². The normalized spacial score (nSPS) is 10.0. The maximum absolute atomic E-state index is 11.9. The molecule has 0 aliphatic heterocycles. The molecule has 1 heterocycles. The van der Waals surface area contributed by atoms with Gasteiger partial charge in [0.25, 0.3) is 5.91 Å². The second-order valence-electron chi connectivity index (χ2n) is 3.94. The lowest BCUT2D eigenvalue weighted by Crippen LogP contribution is -2.13. The van der Waals surface area contributed by atoms with Crippen molar-refractivity contribution in [3.63, 3.8) is 0 Å². The number of anilines is 2. The number of hydrogen-bond donors (Lipinski definition) is 3. The van der Waals surface area contributed by atoms with Crippen LogP contribution in [0.4, 0.5) is 10.7 Å². The lowest BCUT2D eigenvalue weighted by molar-refractivity contribution is 0.0529. The maximum Gasteiger partial charge on any atom is 0.343 e. The fourth-order valence-electron chi connectivity index (χ4n) is 1.39. The van der Waals surface area contributed by atoms with Crippen molar-refractivity contribution in [1.82, 2.24) is 0 Å². The summed E-state index contributed by atoms with van der Waals surface area (Å²) >= 11 is 1.04. The summed E-state index contributed by atoms with van der Waals surface area (Å²) < 4.78 is 4.92. The van der Waals surface area contributed by atoms with Gasteiger partial charge in [-0.25, -0.2) is 4.79 Å². The van der Waals surface area contributed by atoms with Crippen molar-refractivity contribution in [3.8, 4) is 0 Å². The Hall–Kier alpha value is -2.02. The molecule has 1 amide bonds. The van der Waals surface area contributed by atoms with E-state index in [1.807, 2.05) is 6.92 Å². The Morgan fingerprint density at radius 3 is 2.58 bits per heavy atom. The summed E-state index contributed by atoms with van der Waals surface area (Å²) in [7, 11) is 0. The van der Waals surface area contributed by atoms with E-state index in [4.69, 9.17) is 16.2 Å². The summed E-state index contributed by atoms with van der Waals surface area (Å²) in [4.78, 5) is 23.3. The monoisotopic (exact) mass is 283 g/mol. The minimum absolute atomic E-state index is 0.0557. The second-order valence-corrected chi connectivity index (χ2v) is 4.96. The molecule has 104 valence electrons. The van der Waals surface area contributed by atoms with Crippen molar-refractivity contribution in [2.75, 3.05) is 24.2 Å². The molecule has 0 bridgehead atoms. The van der Waals surface area contributed by atoms with Gasteiger partial charge in [0.15, 0.2) is 0 Å². The number of thiophene rings is 1. The molecule has 1 rings (SSSR count). The Morgan fingerprint density at radius 2 is 2.11 bits per heavy atom. The number of rotatable bonds is 6. The fraction of sp³-hybridized carbons (Fsp3) is 0.333. The van der Waals surface area contributed by atoms with E-state index in [-0.39, 0.29) is 22.7 Å². The fourth-order valence-corrected chi connectivity index (χ4v) is 2.34. The third-order valence-corrected chi connectivity index (χ3v) is 3.38. The molecular weight excluding hydrogens is 266 g/mol. The molecule has 0 fully saturated rings. The molecule has 0 aromatic carbocycles. The first-order valence-electron chi connectivity index (χ1n) is 5.65. The molecule has 5 N–H and O–H groups in total. The largest absolute Gasteiger partial charge is 0.462 e. The zero-order chi connectivity index (χ0) is 14.6. The van der Waals surface area contributed by atoms with Crippen LogP contribution in [-0.4, -0.2) is 25.0 Å². The van der Waals surface area contributed by atoms with Gasteiger partial charge in [0.1, 0.15) is 15.4 Å². The Balaban J connectivity index is 3.19. The SMILES string of the molecule is C=C(C)CNc1sc(C(N)=O)c(N)c1C(=O)OCC. The predicted octanol–water partition coefficient (Wildman–Crippen LogP) is 1.59. The van der Waals surface area contributed by atoms with Gasteiger partial charge in [-0.1, -0.05) is 12.2 Å². The zero-order valence-electron chi connectivity index (χ0n) is 10.9. The van der Waals surface area contributed by atoms with Crippen LogP contribution in [0, 0.1) is 0 Å². The molecule has 0 atom stereocenters. The van der Waals surface area contributed by atoms with Crippen LogP contribution in [0.15, 0.2) is 12.2 Å². The molecule has 1 aromatic rings. The molecule has 0 radical (unpaired) electrons. The number of carbonyl (C=O) groups is 2. The average molecular weight is 283 g/mol. The number of nitrogens with two attached hydrogens (primary N) is 2. The molecule has 6 nitrogen and oxygen atoms in total. The number of ether oxygens (including phenoxy) is 1. The first-order valence-corrected chi connectivity index (χ1v) is 6.47. The van der Waals surface area contributed by atoms with Crippen molar-refractivity contribution in [1.29, 1.82) is 0 Å². The van der Waals surface area contributed by atoms with E-state index in [9.17, 15) is 9.59 Å². The van der Waals surface area contributed by atoms with Gasteiger partial charge in [-0.05, 0) is 13.8 Å². The molecule has 0 spiro atoms. The number of carbonyl (C=O) groups excluding carboxylic acids is 2. The van der Waals surface area contributed by atoms with E-state index >= 15 is 0 Å². The zero-order valence-corrected chi connectivity index (χ0v) is 11.7. The van der Waals surface area contributed by atoms with Crippen LogP contribution in [-0.2, 0) is 4.74 Å². The summed E-state index contributed by atoms with van der Waals surface area (Å²) in [5, 5.41) is 3.46. The van der Waals surface area contributed by atoms with E-state index in [2.05, 4.69) is 11.9 Å². The second kappa shape index (κ2) is 6.24. The van der Waals surface area contributed by atoms with E-state index in [0.29, 0.717) is 11.5 Å². The van der Waals surface area contributed by atoms with Gasteiger partial charge in [0, 0.05) is 6.54 Å². The summed E-state index contributed by atoms with van der Waals surface area (Å²) in [5.74, 6) is -1.25. The van der Waals surface area contributed by atoms with Gasteiger partial charge in [-0.15, -0.1) is 11.3 Å². The number of nitrogens with one attached hydrogen (secondary N) is 1. The van der Waals surface area contributed by atoms with Crippen LogP contribution < -0.4 is 16.8 Å². The van der Waals surface area contributed by atoms with Crippen molar-refractivity contribution in [2.45, 2.75) is 13.8 Å². The van der Waals surface area contributed by atoms with Gasteiger partial charge >= 0.3 is 5.97 Å². The highest BCUT2D eigenvalue weighted by molar-refractivity contribution is 7.19. The summed E-state index contributed by atoms with van der Waals surface area (Å²) in [6.45, 7) is 7.96. The van der Waals surface area contributed by atoms with Crippen LogP contribution in [0.2, 0.25) is 0 Å². The van der Waals surface area contributed by atoms with E-state index in [1.54, 1.807) is 6.92 Å². The molecule has 0 aliphatic carbocycles. The highest BCUT2D eigenvalue weighted by Crippen LogP contribution is 2.36. The van der Waals surface area contributed by atoms with E-state index < -0.39 is 11.9 Å². The Morgan fingerprint density at radius 1 is 1.47 bits per heavy atom. The molecule has 0 saturated heterocycles. The van der Waals surface area contributed by atoms with Crippen LogP contribution >= 0.6 is 11.3 Å². The lowest BCUT2D eigenvalue weighted by atomic mass is 10.2. The molecule has 7 heteroatoms. The van der Waals surface area contributed by atoms with Gasteiger partial charge in [0.2, 0.25) is 0 Å². The summed E-state index contributed by atoms with van der Waals surface area (Å²) in [6, 6.07) is 0. The standard InChI is InChI=1S/C12H17N3O3S/c1-4-18-12(17)7-8(13)9(10(14)16)19-11(7)15-5-6(2)3/h15H,2,4-5,13H2,1,3H3,(H2,14,16). The van der Waals surface area contributed by atoms with Gasteiger partial charge in [0.05, 0.1) is 12.3 Å². The number of esters is 1. The molecule has 0 saturated carbocycles. The van der Waals surface area contributed by atoms with Crippen molar-refractivity contribution in [2.24, 2.45) is 5.73 Å². The minimum Gasteiger partial charge on any atom is -0.462 e. The Bertz CT molecular complexity index is 523. The van der Waals surface area contributed by atoms with Crippen LogP contribution in [0.25, 0.3) is 0 Å². The van der Waals surface area contributed by atoms with E-state index in [0.717, 1.165) is 16.9 Å². The Kier molecular flexibility index (Phi) is 4.94. The van der Waals surface area contributed by atoms with Crippen molar-refractivity contribution >= 4 is 33.9 Å². The average Bonchev–Trinajstić information content (AvgIpc) is 2.64. The summed E-state index contributed by atoms with van der Waals surface area (Å²) in [5.41, 5.74) is 12.1. The first-order chi connectivity index (χ1) is 8.88. The highest BCUT2D eigenvalue weighted by atomic mass is 32.1. The molecular formula is C12H17N3O3S. The number of hydrogen-bond acceptors (Lipinski definition) is 6. The van der Waals surface area contributed by atoms with Gasteiger partial charge in [-0.2, -0.15) is 0 Å². The van der Waals surface area contributed by atoms with Crippen LogP contribution in [0.3, 0.4) is 0 Å². The topological polar surface area (TPSA) is 107 Å². The van der Waals surface area contributed by atoms with Crippen molar-refractivity contribution in [3.05, 3.63) is 22.6 Å². The van der Waals surface area contributed by atoms with Gasteiger partial charge < -0.3 is 21.5 Å². The number of amides is 1. The van der Waals surface area contributed by atoms with Crippen LogP contribution in [0.1, 0.15) is 33.9 Å². The molecule has 1 aromatic heterocycles. The Labute approximate surface area is 115 Å². The summed E-state index contributed by atoms with van der Waals surface area (Å²) in [6.07, 6.45) is 0. The molecule has 0 aliphatic rings. The first kappa shape index (κ1) is 15.0. The molecule has 0 unspecified atom stereocenters. The third-order valence-electron chi connectivity index (χ3n) is 2.20. The minimum atomic E-state index is -0.670.